The summed E-state index contributed by atoms with van der Waals surface area (Å²) in [6.07, 6.45) is 2.19. The third-order valence-electron chi connectivity index (χ3n) is 0.144. The second kappa shape index (κ2) is 23.4. The lowest BCUT2D eigenvalue weighted by Gasteiger charge is -1.48. The topological polar surface area (TPSA) is 77.1 Å². The van der Waals surface area contributed by atoms with Crippen LogP contribution in [0.2, 0.25) is 0 Å². The fourth-order valence-electron chi connectivity index (χ4n) is 0. The predicted octanol–water partition coefficient (Wildman–Crippen LogP) is 0.152. The summed E-state index contributed by atoms with van der Waals surface area (Å²) in [6, 6.07) is 0. The number of hydrogen-bond donors (Lipinski definition) is 2. The molecule has 0 saturated heterocycles. The van der Waals surface area contributed by atoms with E-state index in [0.29, 0.717) is 6.42 Å². The standard InChI is InChI=1S/C3H5O.2HO/c1-2-3-4;;/h2H2,1H3;2*1H. The van der Waals surface area contributed by atoms with Crippen LogP contribution in [0.1, 0.15) is 13.3 Å². The van der Waals surface area contributed by atoms with Gasteiger partial charge in [0.15, 0.2) is 6.29 Å². The second-order valence-electron chi connectivity index (χ2n) is 0.498. The van der Waals surface area contributed by atoms with Crippen LogP contribution in [-0.2, 0) is 4.79 Å². The van der Waals surface area contributed by atoms with Gasteiger partial charge in [0, 0.05) is 6.42 Å². The molecule has 2 N–H and O–H groups in total. The second-order valence-corrected chi connectivity index (χ2v) is 0.498. The van der Waals surface area contributed by atoms with Crippen molar-refractivity contribution in [1.29, 1.82) is 0 Å². The molecule has 0 rings (SSSR count). The summed E-state index contributed by atoms with van der Waals surface area (Å²) < 4.78 is 0. The summed E-state index contributed by atoms with van der Waals surface area (Å²) in [5.74, 6) is 0. The molecule has 3 heteroatoms. The molecular weight excluding hydrogens is 84.0 g/mol. The molecule has 37 valence electrons. The van der Waals surface area contributed by atoms with Crippen molar-refractivity contribution < 1.29 is 15.7 Å². The van der Waals surface area contributed by atoms with Gasteiger partial charge in [-0.15, -0.1) is 0 Å². The molecule has 0 aromatic heterocycles. The van der Waals surface area contributed by atoms with Gasteiger partial charge in [-0.3, -0.25) is 15.7 Å². The zero-order valence-electron chi connectivity index (χ0n) is 3.51. The molecule has 3 nitrogen and oxygen atoms in total. The molecule has 0 atom stereocenters. The molecule has 6 heavy (non-hydrogen) atoms. The molecular formula is C3H7O3. The fourth-order valence-corrected chi connectivity index (χ4v) is 0. The van der Waals surface area contributed by atoms with Crippen LogP contribution in [-0.4, -0.2) is 17.2 Å². The van der Waals surface area contributed by atoms with E-state index >= 15 is 0 Å². The molecule has 0 aliphatic carbocycles. The quantitative estimate of drug-likeness (QED) is 0.473. The first-order valence-corrected chi connectivity index (χ1v) is 1.26. The number of carbonyl (C=O) groups excluding carboxylic acids is 1. The van der Waals surface area contributed by atoms with Gasteiger partial charge in [0.2, 0.25) is 0 Å². The lowest BCUT2D eigenvalue weighted by molar-refractivity contribution is 0.554. The zero-order valence-corrected chi connectivity index (χ0v) is 3.51. The first-order valence-electron chi connectivity index (χ1n) is 1.26. The highest BCUT2D eigenvalue weighted by Crippen LogP contribution is 1.53. The molecule has 0 aromatic rings. The first-order chi connectivity index (χ1) is 1.91. The lowest BCUT2D eigenvalue weighted by Crippen LogP contribution is -1.54. The van der Waals surface area contributed by atoms with Gasteiger partial charge in [0.1, 0.15) is 0 Å². The summed E-state index contributed by atoms with van der Waals surface area (Å²) in [7, 11) is 0. The maximum absolute atomic E-state index is 9.05. The minimum absolute atomic E-state index is 0. The monoisotopic (exact) mass is 91.0 g/mol. The van der Waals surface area contributed by atoms with Crippen LogP contribution < -0.4 is 0 Å². The van der Waals surface area contributed by atoms with Gasteiger partial charge in [-0.05, 0) is 0 Å². The van der Waals surface area contributed by atoms with Gasteiger partial charge in [-0.25, -0.2) is 0 Å². The molecule has 3 radical (unpaired) electrons. The van der Waals surface area contributed by atoms with Crippen molar-refractivity contribution in [2.45, 2.75) is 13.3 Å². The smallest absolute Gasteiger partial charge is 0.198 e. The minimum atomic E-state index is 0. The van der Waals surface area contributed by atoms with Crippen LogP contribution in [0, 0.1) is 0 Å². The van der Waals surface area contributed by atoms with E-state index in [0.717, 1.165) is 0 Å². The maximum atomic E-state index is 9.05. The predicted molar refractivity (Wildman–Crippen MR) is 19.9 cm³/mol. The molecule has 0 bridgehead atoms. The normalized spacial score (nSPS) is 4.17. The largest absolute Gasteiger partial charge is 0.291 e. The summed E-state index contributed by atoms with van der Waals surface area (Å²) >= 11 is 0. The third-order valence-corrected chi connectivity index (χ3v) is 0.144. The molecule has 0 spiro atoms. The van der Waals surface area contributed by atoms with Crippen LogP contribution in [0.5, 0.6) is 0 Å². The SMILES string of the molecule is CC[C]=O.[OH].[OH]. The Balaban J connectivity index is -0.0000000450. The van der Waals surface area contributed by atoms with E-state index in [1.54, 1.807) is 13.2 Å². The molecule has 0 aromatic carbocycles. The van der Waals surface area contributed by atoms with Crippen LogP contribution in [0.4, 0.5) is 0 Å². The summed E-state index contributed by atoms with van der Waals surface area (Å²) in [4.78, 5) is 9.05. The highest BCUT2D eigenvalue weighted by Gasteiger charge is 1.55. The number of rotatable bonds is 1. The molecule has 0 saturated carbocycles. The van der Waals surface area contributed by atoms with Gasteiger partial charge >= 0.3 is 0 Å². The lowest BCUT2D eigenvalue weighted by atomic mass is 10.6. The van der Waals surface area contributed by atoms with Crippen molar-refractivity contribution in [3.63, 3.8) is 0 Å². The maximum Gasteiger partial charge on any atom is 0.198 e. The van der Waals surface area contributed by atoms with Crippen molar-refractivity contribution in [3.05, 3.63) is 0 Å². The summed E-state index contributed by atoms with van der Waals surface area (Å²) in [5.41, 5.74) is 0. The highest BCUT2D eigenvalue weighted by atomic mass is 16.1. The van der Waals surface area contributed by atoms with Crippen molar-refractivity contribution in [1.82, 2.24) is 0 Å². The van der Waals surface area contributed by atoms with E-state index < -0.39 is 0 Å². The Labute approximate surface area is 36.6 Å². The van der Waals surface area contributed by atoms with Crippen molar-refractivity contribution >= 4 is 6.29 Å². The molecule has 0 aliphatic heterocycles. The van der Waals surface area contributed by atoms with Crippen LogP contribution >= 0.6 is 0 Å². The Morgan fingerprint density at radius 3 is 1.67 bits per heavy atom. The Morgan fingerprint density at radius 1 is 1.50 bits per heavy atom. The van der Waals surface area contributed by atoms with E-state index in [2.05, 4.69) is 0 Å². The van der Waals surface area contributed by atoms with Gasteiger partial charge < -0.3 is 0 Å². The summed E-state index contributed by atoms with van der Waals surface area (Å²) in [5, 5.41) is 0. The molecule has 0 unspecified atom stereocenters. The van der Waals surface area contributed by atoms with Crippen LogP contribution in [0.15, 0.2) is 0 Å². The summed E-state index contributed by atoms with van der Waals surface area (Å²) in [6.45, 7) is 1.76. The van der Waals surface area contributed by atoms with Gasteiger partial charge in [0.05, 0.1) is 0 Å². The number of hydrogen-bond acceptors (Lipinski definition) is 1. The molecule has 0 amide bonds. The average Bonchev–Trinajstić information content (AvgIpc) is 1.37. The van der Waals surface area contributed by atoms with Crippen molar-refractivity contribution in [2.75, 3.05) is 0 Å². The van der Waals surface area contributed by atoms with Gasteiger partial charge in [-0.2, -0.15) is 0 Å². The zero-order chi connectivity index (χ0) is 3.41. The van der Waals surface area contributed by atoms with E-state index in [1.807, 2.05) is 0 Å². The first kappa shape index (κ1) is 17.6. The Morgan fingerprint density at radius 2 is 1.67 bits per heavy atom. The highest BCUT2D eigenvalue weighted by molar-refractivity contribution is 5.49. The molecule has 0 fully saturated rings. The molecule has 0 aliphatic rings. The van der Waals surface area contributed by atoms with Crippen LogP contribution in [0.3, 0.4) is 0 Å². The van der Waals surface area contributed by atoms with E-state index in [1.165, 1.54) is 0 Å². The average molecular weight is 91.1 g/mol. The minimum Gasteiger partial charge on any atom is -0.291 e. The van der Waals surface area contributed by atoms with Crippen LogP contribution in [0.25, 0.3) is 0 Å². The molecule has 0 heterocycles. The van der Waals surface area contributed by atoms with E-state index in [4.69, 9.17) is 4.79 Å². The van der Waals surface area contributed by atoms with Crippen molar-refractivity contribution in [3.8, 4) is 0 Å². The van der Waals surface area contributed by atoms with Gasteiger partial charge in [-0.1, -0.05) is 6.92 Å². The fraction of sp³-hybridized carbons (Fsp3) is 0.667. The Bertz CT molecular complexity index is 20.0. The van der Waals surface area contributed by atoms with Crippen molar-refractivity contribution in [2.24, 2.45) is 0 Å². The van der Waals surface area contributed by atoms with Gasteiger partial charge in [0.25, 0.3) is 0 Å². The van der Waals surface area contributed by atoms with E-state index in [-0.39, 0.29) is 11.0 Å². The Kier molecular flexibility index (Phi) is 68.5. The Hall–Kier alpha value is -0.410. The van der Waals surface area contributed by atoms with E-state index in [9.17, 15) is 0 Å². The third kappa shape index (κ3) is 69.2.